The van der Waals surface area contributed by atoms with Gasteiger partial charge < -0.3 is 15.0 Å². The number of carbonyl (C=O) groups is 2. The lowest BCUT2D eigenvalue weighted by Crippen LogP contribution is -2.55. The van der Waals surface area contributed by atoms with Gasteiger partial charge in [0, 0.05) is 12.5 Å². The van der Waals surface area contributed by atoms with Crippen LogP contribution in [0.1, 0.15) is 70.4 Å². The molecule has 2 saturated heterocycles. The van der Waals surface area contributed by atoms with Gasteiger partial charge in [0.05, 0.1) is 6.07 Å². The van der Waals surface area contributed by atoms with Crippen molar-refractivity contribution in [1.82, 2.24) is 15.1 Å². The molecule has 5 rings (SSSR count). The van der Waals surface area contributed by atoms with Crippen molar-refractivity contribution in [3.05, 3.63) is 41.2 Å². The second kappa shape index (κ2) is 10.00. The number of fused-ring (bicyclic) bond motifs is 2. The van der Waals surface area contributed by atoms with E-state index in [0.29, 0.717) is 5.56 Å². The molecule has 0 unspecified atom stereocenters. The molecule has 8 heteroatoms. The fourth-order valence-electron chi connectivity index (χ4n) is 6.71. The summed E-state index contributed by atoms with van der Waals surface area (Å²) in [5, 5.41) is 12.6. The summed E-state index contributed by atoms with van der Waals surface area (Å²) in [6, 6.07) is 5.73. The van der Waals surface area contributed by atoms with E-state index in [1.165, 1.54) is 5.57 Å². The third kappa shape index (κ3) is 5.31. The Labute approximate surface area is 225 Å². The van der Waals surface area contributed by atoms with Crippen LogP contribution in [0.25, 0.3) is 5.57 Å². The number of rotatable bonds is 5. The zero-order valence-corrected chi connectivity index (χ0v) is 22.9. The number of carbonyl (C=O) groups excluding carboxylic acids is 2. The van der Waals surface area contributed by atoms with Crippen molar-refractivity contribution in [2.24, 2.45) is 11.3 Å². The Morgan fingerprint density at radius 2 is 1.97 bits per heavy atom. The van der Waals surface area contributed by atoms with Gasteiger partial charge in [0.25, 0.3) is 0 Å². The van der Waals surface area contributed by atoms with Crippen LogP contribution >= 0.6 is 0 Å². The van der Waals surface area contributed by atoms with E-state index in [4.69, 9.17) is 4.74 Å². The van der Waals surface area contributed by atoms with Crippen molar-refractivity contribution in [2.75, 3.05) is 20.1 Å². The summed E-state index contributed by atoms with van der Waals surface area (Å²) in [6.07, 6.45) is 7.63. The molecule has 0 radical (unpaired) electrons. The summed E-state index contributed by atoms with van der Waals surface area (Å²) in [7, 11) is 2.15. The number of piperidine rings is 2. The van der Waals surface area contributed by atoms with Gasteiger partial charge in [-0.3, -0.25) is 9.69 Å². The first kappa shape index (κ1) is 26.7. The van der Waals surface area contributed by atoms with E-state index < -0.39 is 23.8 Å². The molecule has 2 heterocycles. The monoisotopic (exact) mass is 522 g/mol. The van der Waals surface area contributed by atoms with E-state index in [2.05, 4.69) is 29.4 Å². The van der Waals surface area contributed by atoms with Gasteiger partial charge in [-0.15, -0.1) is 0 Å². The maximum Gasteiger partial charge on any atom is 0.411 e. The lowest BCUT2D eigenvalue weighted by atomic mass is 9.64. The third-order valence-corrected chi connectivity index (χ3v) is 8.78. The van der Waals surface area contributed by atoms with E-state index in [1.54, 1.807) is 37.8 Å². The van der Waals surface area contributed by atoms with Crippen molar-refractivity contribution in [1.29, 1.82) is 5.26 Å². The van der Waals surface area contributed by atoms with E-state index in [1.807, 2.05) is 6.07 Å². The number of nitriles is 1. The maximum absolute atomic E-state index is 15.1. The Morgan fingerprint density at radius 3 is 2.61 bits per heavy atom. The van der Waals surface area contributed by atoms with Crippen LogP contribution in [0, 0.1) is 28.5 Å². The summed E-state index contributed by atoms with van der Waals surface area (Å²) in [5.74, 6) is -0.682. The highest BCUT2D eigenvalue weighted by atomic mass is 19.1. The zero-order valence-electron chi connectivity index (χ0n) is 22.9. The maximum atomic E-state index is 15.1. The number of hydrogen-bond acceptors (Lipinski definition) is 5. The summed E-state index contributed by atoms with van der Waals surface area (Å²) >= 11 is 0. The number of nitrogens with zero attached hydrogens (tertiary/aromatic N) is 3. The molecule has 4 aliphatic rings. The minimum Gasteiger partial charge on any atom is -0.444 e. The van der Waals surface area contributed by atoms with Crippen molar-refractivity contribution < 1.29 is 18.7 Å². The van der Waals surface area contributed by atoms with Gasteiger partial charge in [-0.1, -0.05) is 18.2 Å². The number of nitrogens with one attached hydrogen (secondary N) is 1. The Kier molecular flexibility index (Phi) is 7.02. The average Bonchev–Trinajstić information content (AvgIpc) is 3.45. The van der Waals surface area contributed by atoms with Crippen molar-refractivity contribution in [3.63, 3.8) is 0 Å². The number of amides is 2. The molecular weight excluding hydrogens is 483 g/mol. The smallest absolute Gasteiger partial charge is 0.411 e. The molecule has 7 nitrogen and oxygen atoms in total. The SMILES string of the molecule is CN1CCC2(C=C(c3ccc(C[C@@H](C#N)NC(=O)[C@@H]4[C@H]5CC[C@H](C5)N4C(=O)OC(C)(C)C)c(F)c3)C2)CC1. The molecule has 1 aromatic rings. The normalized spacial score (nSPS) is 26.9. The molecule has 38 heavy (non-hydrogen) atoms. The van der Waals surface area contributed by atoms with E-state index in [9.17, 15) is 14.9 Å². The zero-order chi connectivity index (χ0) is 27.2. The second-order valence-electron chi connectivity index (χ2n) is 12.8. The molecule has 2 amide bonds. The van der Waals surface area contributed by atoms with Crippen LogP contribution in [0.2, 0.25) is 0 Å². The molecule has 204 valence electrons. The van der Waals surface area contributed by atoms with Crippen molar-refractivity contribution in [2.45, 2.75) is 89.4 Å². The summed E-state index contributed by atoms with van der Waals surface area (Å²) in [4.78, 5) is 30.1. The average molecular weight is 523 g/mol. The molecule has 4 atom stereocenters. The molecule has 1 saturated carbocycles. The highest BCUT2D eigenvalue weighted by Crippen LogP contribution is 2.50. The predicted octanol–water partition coefficient (Wildman–Crippen LogP) is 4.66. The highest BCUT2D eigenvalue weighted by molar-refractivity contribution is 5.87. The van der Waals surface area contributed by atoms with Crippen LogP contribution in [0.15, 0.2) is 24.3 Å². The molecule has 1 spiro atoms. The Balaban J connectivity index is 1.23. The Bertz CT molecular complexity index is 1170. The van der Waals surface area contributed by atoms with Crippen LogP contribution in [0.5, 0.6) is 0 Å². The van der Waals surface area contributed by atoms with Gasteiger partial charge >= 0.3 is 6.09 Å². The predicted molar refractivity (Wildman–Crippen MR) is 142 cm³/mol. The van der Waals surface area contributed by atoms with Crippen molar-refractivity contribution in [3.8, 4) is 6.07 Å². The van der Waals surface area contributed by atoms with E-state index in [-0.39, 0.29) is 35.5 Å². The standard InChI is InChI=1S/C30H39FN4O3/c1-29(2,3)38-28(37)35-24-8-7-21(14-24)26(35)27(36)33-23(18-32)13-20-6-5-19(15-25(20)31)22-16-30(17-22)9-11-34(4)12-10-30/h5-6,15-16,21,23-24,26H,7-14,17H2,1-4H3,(H,33,36)/t21-,23-,24+,26-/m0/s1. The fraction of sp³-hybridized carbons (Fsp3) is 0.633. The number of benzene rings is 1. The van der Waals surface area contributed by atoms with E-state index in [0.717, 1.165) is 57.2 Å². The molecular formula is C30H39FN4O3. The van der Waals surface area contributed by atoms with Gasteiger partial charge in [-0.25, -0.2) is 9.18 Å². The molecule has 1 aromatic carbocycles. The van der Waals surface area contributed by atoms with E-state index >= 15 is 4.39 Å². The Morgan fingerprint density at radius 1 is 1.26 bits per heavy atom. The van der Waals surface area contributed by atoms with Gasteiger partial charge in [-0.05, 0) is 114 Å². The molecule has 2 aliphatic carbocycles. The molecule has 3 fully saturated rings. The lowest BCUT2D eigenvalue weighted by Gasteiger charge is -2.45. The number of allylic oxidation sites excluding steroid dienone is 2. The van der Waals surface area contributed by atoms with Crippen molar-refractivity contribution >= 4 is 17.6 Å². The van der Waals surface area contributed by atoms with Crippen LogP contribution < -0.4 is 5.32 Å². The minimum atomic E-state index is -0.895. The first-order chi connectivity index (χ1) is 18.0. The van der Waals surface area contributed by atoms with Gasteiger partial charge in [0.1, 0.15) is 23.5 Å². The number of hydrogen-bond donors (Lipinski definition) is 1. The highest BCUT2D eigenvalue weighted by Gasteiger charge is 2.52. The first-order valence-electron chi connectivity index (χ1n) is 13.9. The number of halogens is 1. The van der Waals surface area contributed by atoms with Crippen LogP contribution in [0.4, 0.5) is 9.18 Å². The molecule has 2 aliphatic heterocycles. The second-order valence-corrected chi connectivity index (χ2v) is 12.8. The molecule has 2 bridgehead atoms. The Hall–Kier alpha value is -2.92. The summed E-state index contributed by atoms with van der Waals surface area (Å²) in [6.45, 7) is 7.59. The molecule has 0 aromatic heterocycles. The number of likely N-dealkylation sites (tertiary alicyclic amines) is 2. The van der Waals surface area contributed by atoms with Gasteiger partial charge in [-0.2, -0.15) is 5.26 Å². The van der Waals surface area contributed by atoms with Gasteiger partial charge in [0.2, 0.25) is 5.91 Å². The molecule has 1 N–H and O–H groups in total. The van der Waals surface area contributed by atoms with Gasteiger partial charge in [0.15, 0.2) is 0 Å². The summed E-state index contributed by atoms with van der Waals surface area (Å²) < 4.78 is 20.7. The van der Waals surface area contributed by atoms with Crippen LogP contribution in [-0.2, 0) is 16.0 Å². The summed E-state index contributed by atoms with van der Waals surface area (Å²) in [5.41, 5.74) is 2.07. The first-order valence-corrected chi connectivity index (χ1v) is 13.9. The topological polar surface area (TPSA) is 85.7 Å². The minimum absolute atomic E-state index is 0.0226. The van der Waals surface area contributed by atoms with Crippen LogP contribution in [0.3, 0.4) is 0 Å². The van der Waals surface area contributed by atoms with Crippen LogP contribution in [-0.4, -0.2) is 65.7 Å². The largest absolute Gasteiger partial charge is 0.444 e. The fourth-order valence-corrected chi connectivity index (χ4v) is 6.71. The lowest BCUT2D eigenvalue weighted by molar-refractivity contribution is -0.128. The number of ether oxygens (including phenoxy) is 1. The quantitative estimate of drug-likeness (QED) is 0.608. The third-order valence-electron chi connectivity index (χ3n) is 8.78.